The zero-order chi connectivity index (χ0) is 21.6. The third-order valence-electron chi connectivity index (χ3n) is 4.90. The molecular formula is C23H18N4O3S. The Morgan fingerprint density at radius 2 is 1.81 bits per heavy atom. The lowest BCUT2D eigenvalue weighted by Crippen LogP contribution is -2.27. The molecule has 154 valence electrons. The molecule has 0 aromatic heterocycles. The lowest BCUT2D eigenvalue weighted by molar-refractivity contribution is 0.1000. The van der Waals surface area contributed by atoms with Crippen molar-refractivity contribution in [3.8, 4) is 5.75 Å². The SMILES string of the molecule is [N-]=[N+]=NC(=O)c1ccc(C2CSC(=O)N2c2ccccc2)c(OCc2ccccc2)c1. The quantitative estimate of drug-likeness (QED) is 0.267. The molecular weight excluding hydrogens is 412 g/mol. The van der Waals surface area contributed by atoms with Crippen molar-refractivity contribution in [2.45, 2.75) is 12.6 Å². The maximum absolute atomic E-state index is 12.6. The molecule has 4 rings (SSSR count). The zero-order valence-corrected chi connectivity index (χ0v) is 17.2. The van der Waals surface area contributed by atoms with Gasteiger partial charge in [-0.25, -0.2) is 0 Å². The summed E-state index contributed by atoms with van der Waals surface area (Å²) < 4.78 is 6.09. The molecule has 0 N–H and O–H groups in total. The molecule has 8 heteroatoms. The van der Waals surface area contributed by atoms with E-state index in [1.165, 1.54) is 11.8 Å². The van der Waals surface area contributed by atoms with E-state index in [2.05, 4.69) is 10.0 Å². The highest BCUT2D eigenvalue weighted by Crippen LogP contribution is 2.42. The molecule has 31 heavy (non-hydrogen) atoms. The van der Waals surface area contributed by atoms with Crippen molar-refractivity contribution in [1.29, 1.82) is 0 Å². The van der Waals surface area contributed by atoms with Gasteiger partial charge >= 0.3 is 0 Å². The largest absolute Gasteiger partial charge is 0.489 e. The minimum absolute atomic E-state index is 0.0422. The van der Waals surface area contributed by atoms with Crippen LogP contribution in [-0.2, 0) is 6.61 Å². The Bertz CT molecular complexity index is 1150. The van der Waals surface area contributed by atoms with E-state index in [4.69, 9.17) is 10.3 Å². The number of anilines is 1. The van der Waals surface area contributed by atoms with Crippen LogP contribution in [-0.4, -0.2) is 16.9 Å². The van der Waals surface area contributed by atoms with Crippen molar-refractivity contribution in [3.63, 3.8) is 0 Å². The summed E-state index contributed by atoms with van der Waals surface area (Å²) >= 11 is 1.24. The van der Waals surface area contributed by atoms with Gasteiger partial charge in [0.2, 0.25) is 5.91 Å². The molecule has 1 saturated heterocycles. The van der Waals surface area contributed by atoms with E-state index in [9.17, 15) is 9.59 Å². The van der Waals surface area contributed by atoms with E-state index in [-0.39, 0.29) is 16.8 Å². The summed E-state index contributed by atoms with van der Waals surface area (Å²) in [5.74, 6) is 0.346. The lowest BCUT2D eigenvalue weighted by Gasteiger charge is -2.26. The smallest absolute Gasteiger partial charge is 0.286 e. The first-order valence-electron chi connectivity index (χ1n) is 9.58. The molecule has 0 aliphatic carbocycles. The number of carbonyl (C=O) groups excluding carboxylic acids is 2. The first kappa shape index (κ1) is 20.5. The maximum atomic E-state index is 12.6. The van der Waals surface area contributed by atoms with Crippen LogP contribution in [0, 0.1) is 0 Å². The maximum Gasteiger partial charge on any atom is 0.286 e. The molecule has 2 amide bonds. The van der Waals surface area contributed by atoms with Gasteiger partial charge in [0.05, 0.1) is 6.04 Å². The Morgan fingerprint density at radius 3 is 2.52 bits per heavy atom. The first-order chi connectivity index (χ1) is 15.2. The third kappa shape index (κ3) is 4.55. The second-order valence-electron chi connectivity index (χ2n) is 6.82. The highest BCUT2D eigenvalue weighted by atomic mass is 32.2. The number of ether oxygens (including phenoxy) is 1. The Labute approximate surface area is 183 Å². The fourth-order valence-electron chi connectivity index (χ4n) is 3.43. The third-order valence-corrected chi connectivity index (χ3v) is 5.83. The molecule has 0 bridgehead atoms. The fourth-order valence-corrected chi connectivity index (χ4v) is 4.43. The van der Waals surface area contributed by atoms with Crippen LogP contribution in [0.1, 0.15) is 27.5 Å². The molecule has 0 saturated carbocycles. The van der Waals surface area contributed by atoms with Crippen LogP contribution >= 0.6 is 11.8 Å². The number of amides is 2. The van der Waals surface area contributed by atoms with E-state index >= 15 is 0 Å². The molecule has 1 aliphatic rings. The normalized spacial score (nSPS) is 15.4. The molecule has 1 atom stereocenters. The van der Waals surface area contributed by atoms with Crippen LogP contribution in [0.3, 0.4) is 0 Å². The van der Waals surface area contributed by atoms with E-state index in [0.29, 0.717) is 18.1 Å². The summed E-state index contributed by atoms with van der Waals surface area (Å²) in [4.78, 5) is 29.1. The number of thioether (sulfide) groups is 1. The van der Waals surface area contributed by atoms with E-state index in [1.54, 1.807) is 23.1 Å². The van der Waals surface area contributed by atoms with Crippen molar-refractivity contribution >= 4 is 28.6 Å². The average Bonchev–Trinajstić information content (AvgIpc) is 3.20. The van der Waals surface area contributed by atoms with Crippen molar-refractivity contribution in [2.24, 2.45) is 5.11 Å². The number of rotatable bonds is 6. The molecule has 1 aliphatic heterocycles. The first-order valence-corrected chi connectivity index (χ1v) is 10.6. The Morgan fingerprint density at radius 1 is 1.10 bits per heavy atom. The standard InChI is InChI=1S/C23H18N4O3S/c24-26-25-22(28)17-11-12-19(21(13-17)30-14-16-7-3-1-4-8-16)20-15-31-23(29)27(20)18-9-5-2-6-10-18/h1-13,20H,14-15H2. The van der Waals surface area contributed by atoms with Crippen LogP contribution in [0.25, 0.3) is 10.4 Å². The van der Waals surface area contributed by atoms with Gasteiger partial charge in [-0.15, -0.1) is 0 Å². The van der Waals surface area contributed by atoms with Crippen molar-refractivity contribution in [3.05, 3.63) is 106 Å². The van der Waals surface area contributed by atoms with Gasteiger partial charge in [0.1, 0.15) is 12.4 Å². The Balaban J connectivity index is 1.72. The number of hydrogen-bond acceptors (Lipinski definition) is 4. The number of nitrogens with zero attached hydrogens (tertiary/aromatic N) is 4. The molecule has 0 spiro atoms. The lowest BCUT2D eigenvalue weighted by atomic mass is 10.0. The Hall–Kier alpha value is -3.74. The summed E-state index contributed by atoms with van der Waals surface area (Å²) in [6.07, 6.45) is 0. The fraction of sp³-hybridized carbons (Fsp3) is 0.130. The number of para-hydroxylation sites is 1. The number of benzene rings is 3. The van der Waals surface area contributed by atoms with E-state index < -0.39 is 5.91 Å². The van der Waals surface area contributed by atoms with Gasteiger partial charge in [-0.1, -0.05) is 72.4 Å². The predicted molar refractivity (Wildman–Crippen MR) is 120 cm³/mol. The molecule has 0 radical (unpaired) electrons. The van der Waals surface area contributed by atoms with Gasteiger partial charge in [-0.3, -0.25) is 14.5 Å². The van der Waals surface area contributed by atoms with Crippen LogP contribution in [0.15, 0.2) is 84.0 Å². The monoisotopic (exact) mass is 430 g/mol. The number of hydrogen-bond donors (Lipinski definition) is 0. The molecule has 3 aromatic carbocycles. The van der Waals surface area contributed by atoms with Crippen LogP contribution in [0.4, 0.5) is 10.5 Å². The summed E-state index contributed by atoms with van der Waals surface area (Å²) in [6, 6.07) is 23.8. The van der Waals surface area contributed by atoms with Gasteiger partial charge in [-0.2, -0.15) is 0 Å². The van der Waals surface area contributed by atoms with Gasteiger partial charge in [0.15, 0.2) is 0 Å². The zero-order valence-electron chi connectivity index (χ0n) is 16.4. The summed E-state index contributed by atoms with van der Waals surface area (Å²) in [5.41, 5.74) is 11.4. The van der Waals surface area contributed by atoms with Gasteiger partial charge in [0.25, 0.3) is 5.24 Å². The highest BCUT2D eigenvalue weighted by molar-refractivity contribution is 8.14. The second-order valence-corrected chi connectivity index (χ2v) is 7.79. The summed E-state index contributed by atoms with van der Waals surface area (Å²) in [7, 11) is 0. The van der Waals surface area contributed by atoms with Crippen LogP contribution in [0.2, 0.25) is 0 Å². The molecule has 7 nitrogen and oxygen atoms in total. The Kier molecular flexibility index (Phi) is 6.21. The van der Waals surface area contributed by atoms with E-state index in [1.807, 2.05) is 60.7 Å². The topological polar surface area (TPSA) is 95.4 Å². The molecule has 1 unspecified atom stereocenters. The van der Waals surface area contributed by atoms with Crippen molar-refractivity contribution < 1.29 is 14.3 Å². The number of carbonyl (C=O) groups is 2. The average molecular weight is 430 g/mol. The second kappa shape index (κ2) is 9.38. The summed E-state index contributed by atoms with van der Waals surface area (Å²) in [5, 5.41) is 3.13. The van der Waals surface area contributed by atoms with Crippen LogP contribution < -0.4 is 9.64 Å². The molecule has 3 aromatic rings. The highest BCUT2D eigenvalue weighted by Gasteiger charge is 2.36. The minimum atomic E-state index is -0.685. The van der Waals surface area contributed by atoms with Gasteiger partial charge < -0.3 is 4.74 Å². The van der Waals surface area contributed by atoms with Crippen LogP contribution in [0.5, 0.6) is 5.75 Å². The summed E-state index contributed by atoms with van der Waals surface area (Å²) in [6.45, 7) is 0.298. The van der Waals surface area contributed by atoms with Gasteiger partial charge in [0, 0.05) is 27.5 Å². The predicted octanol–water partition coefficient (Wildman–Crippen LogP) is 6.13. The van der Waals surface area contributed by atoms with Crippen molar-refractivity contribution in [2.75, 3.05) is 10.7 Å². The number of azide groups is 1. The molecule has 1 fully saturated rings. The minimum Gasteiger partial charge on any atom is -0.489 e. The van der Waals surface area contributed by atoms with Crippen molar-refractivity contribution in [1.82, 2.24) is 0 Å². The van der Waals surface area contributed by atoms with Gasteiger partial charge in [-0.05, 0) is 34.4 Å². The van der Waals surface area contributed by atoms with E-state index in [0.717, 1.165) is 16.8 Å². The molecule has 1 heterocycles.